The molecule has 1 fully saturated rings. The van der Waals surface area contributed by atoms with E-state index in [1.807, 2.05) is 12.4 Å². The number of rotatable bonds is 7. The van der Waals surface area contributed by atoms with E-state index in [2.05, 4.69) is 42.0 Å². The molecule has 0 amide bonds. The molecule has 3 nitrogen and oxygen atoms in total. The van der Waals surface area contributed by atoms with Crippen molar-refractivity contribution < 1.29 is 0 Å². The topological polar surface area (TPSA) is 28.2 Å². The summed E-state index contributed by atoms with van der Waals surface area (Å²) >= 11 is 0. The van der Waals surface area contributed by atoms with Gasteiger partial charge in [-0.2, -0.15) is 0 Å². The summed E-state index contributed by atoms with van der Waals surface area (Å²) in [5.41, 5.74) is 2.72. The molecular formula is C17H29N3. The smallest absolute Gasteiger partial charge is 0.0598 e. The summed E-state index contributed by atoms with van der Waals surface area (Å²) in [6.45, 7) is 11.2. The second-order valence-electron chi connectivity index (χ2n) is 6.42. The second-order valence-corrected chi connectivity index (χ2v) is 6.42. The molecule has 1 aliphatic rings. The summed E-state index contributed by atoms with van der Waals surface area (Å²) in [6, 6.07) is 2.16. The molecule has 20 heavy (non-hydrogen) atoms. The monoisotopic (exact) mass is 275 g/mol. The van der Waals surface area contributed by atoms with Crippen molar-refractivity contribution in [3.05, 3.63) is 24.0 Å². The van der Waals surface area contributed by atoms with Gasteiger partial charge in [-0.1, -0.05) is 27.2 Å². The maximum absolute atomic E-state index is 4.33. The average Bonchev–Trinajstić information content (AvgIpc) is 2.88. The lowest BCUT2D eigenvalue weighted by Crippen LogP contribution is -2.24. The first-order valence-electron chi connectivity index (χ1n) is 8.09. The minimum atomic E-state index is 0.695. The van der Waals surface area contributed by atoms with Crippen LogP contribution in [0.5, 0.6) is 0 Å². The van der Waals surface area contributed by atoms with E-state index in [9.17, 15) is 0 Å². The summed E-state index contributed by atoms with van der Waals surface area (Å²) in [4.78, 5) is 6.86. The van der Waals surface area contributed by atoms with Gasteiger partial charge in [0.1, 0.15) is 0 Å². The number of nitrogens with zero attached hydrogens (tertiary/aromatic N) is 2. The van der Waals surface area contributed by atoms with Crippen LogP contribution in [0.1, 0.15) is 45.6 Å². The lowest BCUT2D eigenvalue weighted by molar-refractivity contribution is 0.529. The van der Waals surface area contributed by atoms with E-state index in [-0.39, 0.29) is 0 Å². The number of aromatic nitrogens is 1. The minimum Gasteiger partial charge on any atom is -0.370 e. The highest BCUT2D eigenvalue weighted by Gasteiger charge is 2.23. The fourth-order valence-corrected chi connectivity index (χ4v) is 3.04. The molecule has 1 aromatic heterocycles. The summed E-state index contributed by atoms with van der Waals surface area (Å²) in [7, 11) is 0. The van der Waals surface area contributed by atoms with Crippen LogP contribution in [0.15, 0.2) is 18.5 Å². The van der Waals surface area contributed by atoms with Gasteiger partial charge in [0, 0.05) is 25.8 Å². The van der Waals surface area contributed by atoms with Gasteiger partial charge >= 0.3 is 0 Å². The Labute approximate surface area is 123 Å². The van der Waals surface area contributed by atoms with E-state index in [0.717, 1.165) is 19.0 Å². The lowest BCUT2D eigenvalue weighted by atomic mass is 10.0. The highest BCUT2D eigenvalue weighted by atomic mass is 15.2. The van der Waals surface area contributed by atoms with Crippen LogP contribution in [0, 0.1) is 11.8 Å². The van der Waals surface area contributed by atoms with Gasteiger partial charge in [-0.25, -0.2) is 0 Å². The third-order valence-electron chi connectivity index (χ3n) is 4.08. The third-order valence-corrected chi connectivity index (χ3v) is 4.08. The summed E-state index contributed by atoms with van der Waals surface area (Å²) in [6.07, 6.45) is 7.95. The zero-order valence-electron chi connectivity index (χ0n) is 13.2. The van der Waals surface area contributed by atoms with Gasteiger partial charge in [-0.15, -0.1) is 0 Å². The third kappa shape index (κ3) is 4.20. The predicted octanol–water partition coefficient (Wildman–Crippen LogP) is 3.45. The number of nitrogens with one attached hydrogen (secondary N) is 1. The van der Waals surface area contributed by atoms with Gasteiger partial charge in [0.15, 0.2) is 0 Å². The van der Waals surface area contributed by atoms with Crippen LogP contribution in [0.2, 0.25) is 0 Å². The highest BCUT2D eigenvalue weighted by molar-refractivity contribution is 5.52. The first-order valence-corrected chi connectivity index (χ1v) is 8.09. The van der Waals surface area contributed by atoms with Crippen molar-refractivity contribution in [2.75, 3.05) is 24.5 Å². The van der Waals surface area contributed by atoms with Crippen LogP contribution in [0.3, 0.4) is 0 Å². The molecule has 0 aliphatic carbocycles. The molecule has 1 N–H and O–H groups in total. The molecule has 1 aromatic rings. The fourth-order valence-electron chi connectivity index (χ4n) is 3.04. The Hall–Kier alpha value is -1.09. The Morgan fingerprint density at radius 2 is 2.30 bits per heavy atom. The standard InChI is InChI=1S/C17H29N3/c1-4-5-15-7-9-20(13-15)17-12-18-8-6-16(17)11-19-10-14(2)3/h6,8,12,14-15,19H,4-5,7,9-11,13H2,1-3H3. The molecule has 0 saturated carbocycles. The molecule has 0 radical (unpaired) electrons. The van der Waals surface area contributed by atoms with Gasteiger partial charge in [-0.3, -0.25) is 4.98 Å². The SMILES string of the molecule is CCCC1CCN(c2cnccc2CNCC(C)C)C1. The molecule has 2 rings (SSSR count). The van der Waals surface area contributed by atoms with E-state index in [4.69, 9.17) is 0 Å². The van der Waals surface area contributed by atoms with E-state index >= 15 is 0 Å². The Kier molecular flexibility index (Phi) is 5.84. The van der Waals surface area contributed by atoms with Gasteiger partial charge in [-0.05, 0) is 42.9 Å². The van der Waals surface area contributed by atoms with Crippen LogP contribution in [0.25, 0.3) is 0 Å². The molecule has 3 heteroatoms. The lowest BCUT2D eigenvalue weighted by Gasteiger charge is -2.22. The number of hydrogen-bond donors (Lipinski definition) is 1. The minimum absolute atomic E-state index is 0.695. The number of anilines is 1. The maximum Gasteiger partial charge on any atom is 0.0598 e. The fraction of sp³-hybridized carbons (Fsp3) is 0.706. The second kappa shape index (κ2) is 7.63. The van der Waals surface area contributed by atoms with Gasteiger partial charge in [0.25, 0.3) is 0 Å². The zero-order valence-corrected chi connectivity index (χ0v) is 13.2. The molecule has 1 atom stereocenters. The highest BCUT2D eigenvalue weighted by Crippen LogP contribution is 2.28. The summed E-state index contributed by atoms with van der Waals surface area (Å²) in [5, 5.41) is 3.55. The molecule has 1 aliphatic heterocycles. The molecule has 112 valence electrons. The first kappa shape index (κ1) is 15.3. The van der Waals surface area contributed by atoms with Gasteiger partial charge < -0.3 is 10.2 Å². The molecule has 1 unspecified atom stereocenters. The largest absolute Gasteiger partial charge is 0.370 e. The van der Waals surface area contributed by atoms with Crippen LogP contribution in [0.4, 0.5) is 5.69 Å². The zero-order chi connectivity index (χ0) is 14.4. The predicted molar refractivity (Wildman–Crippen MR) is 86.0 cm³/mol. The van der Waals surface area contributed by atoms with Crippen molar-refractivity contribution >= 4 is 5.69 Å². The van der Waals surface area contributed by atoms with Crippen molar-refractivity contribution in [1.82, 2.24) is 10.3 Å². The van der Waals surface area contributed by atoms with Crippen molar-refractivity contribution in [2.24, 2.45) is 11.8 Å². The Morgan fingerprint density at radius 1 is 1.45 bits per heavy atom. The summed E-state index contributed by atoms with van der Waals surface area (Å²) < 4.78 is 0. The summed E-state index contributed by atoms with van der Waals surface area (Å²) in [5.74, 6) is 1.57. The van der Waals surface area contributed by atoms with Crippen LogP contribution in [-0.4, -0.2) is 24.6 Å². The van der Waals surface area contributed by atoms with Gasteiger partial charge in [0.2, 0.25) is 0 Å². The molecule has 1 saturated heterocycles. The Morgan fingerprint density at radius 3 is 3.05 bits per heavy atom. The van der Waals surface area contributed by atoms with E-state index in [0.29, 0.717) is 5.92 Å². The molecule has 0 spiro atoms. The van der Waals surface area contributed by atoms with Crippen molar-refractivity contribution in [2.45, 2.75) is 46.6 Å². The van der Waals surface area contributed by atoms with Gasteiger partial charge in [0.05, 0.1) is 11.9 Å². The molecular weight excluding hydrogens is 246 g/mol. The first-order chi connectivity index (χ1) is 9.70. The van der Waals surface area contributed by atoms with E-state index in [1.165, 1.54) is 43.6 Å². The van der Waals surface area contributed by atoms with Crippen molar-refractivity contribution in [3.63, 3.8) is 0 Å². The van der Waals surface area contributed by atoms with Crippen molar-refractivity contribution in [1.29, 1.82) is 0 Å². The van der Waals surface area contributed by atoms with Crippen LogP contribution < -0.4 is 10.2 Å². The van der Waals surface area contributed by atoms with Crippen LogP contribution in [-0.2, 0) is 6.54 Å². The molecule has 2 heterocycles. The maximum atomic E-state index is 4.33. The van der Waals surface area contributed by atoms with Crippen LogP contribution >= 0.6 is 0 Å². The van der Waals surface area contributed by atoms with Crippen molar-refractivity contribution in [3.8, 4) is 0 Å². The quantitative estimate of drug-likeness (QED) is 0.826. The normalized spacial score (nSPS) is 19.0. The number of hydrogen-bond acceptors (Lipinski definition) is 3. The van der Waals surface area contributed by atoms with E-state index in [1.54, 1.807) is 0 Å². The Bertz CT molecular complexity index is 403. The van der Waals surface area contributed by atoms with E-state index < -0.39 is 0 Å². The average molecular weight is 275 g/mol. The molecule has 0 bridgehead atoms. The molecule has 0 aromatic carbocycles. The Balaban J connectivity index is 1.97. The number of pyridine rings is 1.